The van der Waals surface area contributed by atoms with Crippen molar-refractivity contribution in [2.75, 3.05) is 12.3 Å². The van der Waals surface area contributed by atoms with Crippen LogP contribution in [0.15, 0.2) is 12.7 Å². The maximum Gasteiger partial charge on any atom is 0.167 e. The van der Waals surface area contributed by atoms with Crippen LogP contribution < -0.4 is 5.73 Å². The molecule has 0 aromatic carbocycles. The van der Waals surface area contributed by atoms with E-state index in [-0.39, 0.29) is 12.4 Å². The minimum absolute atomic E-state index is 0.234. The van der Waals surface area contributed by atoms with Gasteiger partial charge in [0.1, 0.15) is 17.9 Å². The Morgan fingerprint density at radius 3 is 3.11 bits per heavy atom. The Morgan fingerprint density at radius 1 is 1.56 bits per heavy atom. The zero-order chi connectivity index (χ0) is 13.6. The largest absolute Gasteiger partial charge is 0.394 e. The predicted molar refractivity (Wildman–Crippen MR) is 61.4 cm³/mol. The molecule has 0 bridgehead atoms. The van der Waals surface area contributed by atoms with Gasteiger partial charge in [0, 0.05) is 7.77 Å². The number of hydrogen-bond donors (Lipinski definition) is 3. The van der Waals surface area contributed by atoms with Crippen molar-refractivity contribution in [3.05, 3.63) is 12.7 Å². The van der Waals surface area contributed by atoms with E-state index in [0.717, 1.165) is 0 Å². The van der Waals surface area contributed by atoms with Crippen molar-refractivity contribution < 1.29 is 16.3 Å². The number of aromatic nitrogens is 4. The molecule has 0 amide bonds. The molecule has 0 radical (unpaired) electrons. The van der Waals surface area contributed by atoms with Crippen LogP contribution >= 0.6 is 0 Å². The van der Waals surface area contributed by atoms with Crippen molar-refractivity contribution in [1.29, 1.82) is 0 Å². The lowest BCUT2D eigenvalue weighted by atomic mass is 10.2. The molecular formula is C10H13N5O3. The topological polar surface area (TPSA) is 119 Å². The molecular weight excluding hydrogens is 238 g/mol. The van der Waals surface area contributed by atoms with Crippen molar-refractivity contribution >= 4 is 17.0 Å². The van der Waals surface area contributed by atoms with Gasteiger partial charge in [0.25, 0.3) is 0 Å². The zero-order valence-corrected chi connectivity index (χ0v) is 9.34. The average molecular weight is 252 g/mol. The van der Waals surface area contributed by atoms with E-state index in [2.05, 4.69) is 15.0 Å². The summed E-state index contributed by atoms with van der Waals surface area (Å²) in [7, 11) is 0. The lowest BCUT2D eigenvalue weighted by molar-refractivity contribution is -0.0486. The summed E-state index contributed by atoms with van der Waals surface area (Å²) in [5, 5.41) is 19.1. The highest BCUT2D eigenvalue weighted by atomic mass is 16.5. The first-order chi connectivity index (χ1) is 9.13. The second-order valence-electron chi connectivity index (χ2n) is 4.01. The normalized spacial score (nSPS) is 32.9. The Labute approximate surface area is 103 Å². The van der Waals surface area contributed by atoms with Crippen LogP contribution in [0.25, 0.3) is 11.2 Å². The summed E-state index contributed by atoms with van der Waals surface area (Å²) in [6, 6.07) is 0. The summed E-state index contributed by atoms with van der Waals surface area (Å²) >= 11 is 0. The Bertz CT molecular complexity index is 606. The first-order valence-electron chi connectivity index (χ1n) is 6.01. The minimum atomic E-state index is -1.08. The van der Waals surface area contributed by atoms with Crippen LogP contribution in [0.4, 0.5) is 5.82 Å². The van der Waals surface area contributed by atoms with Gasteiger partial charge in [-0.05, 0) is 0 Å². The summed E-state index contributed by atoms with van der Waals surface area (Å²) in [4.78, 5) is 11.9. The highest BCUT2D eigenvalue weighted by Gasteiger charge is 2.35. The molecule has 0 spiro atoms. The van der Waals surface area contributed by atoms with Crippen LogP contribution in [0.2, 0.25) is 0 Å². The summed E-state index contributed by atoms with van der Waals surface area (Å²) < 4.78 is 14.7. The molecule has 1 aliphatic heterocycles. The van der Waals surface area contributed by atoms with Gasteiger partial charge in [-0.15, -0.1) is 0 Å². The van der Waals surface area contributed by atoms with Gasteiger partial charge in [0.05, 0.1) is 19.0 Å². The van der Waals surface area contributed by atoms with E-state index in [1.807, 2.05) is 0 Å². The third kappa shape index (κ3) is 1.62. The molecule has 1 fully saturated rings. The summed E-state index contributed by atoms with van der Waals surface area (Å²) in [5.41, 5.74) is 6.50. The number of nitrogens with two attached hydrogens (primary N) is 1. The smallest absolute Gasteiger partial charge is 0.167 e. The van der Waals surface area contributed by atoms with Crippen LogP contribution in [-0.2, 0) is 4.74 Å². The fourth-order valence-electron chi connectivity index (χ4n) is 2.01. The van der Waals surface area contributed by atoms with Gasteiger partial charge in [-0.1, -0.05) is 0 Å². The highest BCUT2D eigenvalue weighted by molar-refractivity contribution is 5.81. The third-order valence-electron chi connectivity index (χ3n) is 2.86. The van der Waals surface area contributed by atoms with E-state index in [0.29, 0.717) is 11.2 Å². The second-order valence-corrected chi connectivity index (χ2v) is 4.01. The minimum Gasteiger partial charge on any atom is -0.394 e. The standard InChI is InChI=1S/C10H13N5O3/c11-8-7-9(13-3-12-8)15(4-14-7)10-6(17)1-5(2-16)18-10/h3-6,10,16-17H,1-2H2,(H2,11,12,13)/t5-,6+,10+/m0/s1/i1D/t1?,5-,6+,10+. The SMILES string of the molecule is [2H]C1[C@@H](O)[C@H](n2cnc3c(N)ncnc32)O[C@@H]1CO. The number of anilines is 1. The zero-order valence-electron chi connectivity index (χ0n) is 10.3. The maximum atomic E-state index is 10.0. The van der Waals surface area contributed by atoms with E-state index >= 15 is 0 Å². The maximum absolute atomic E-state index is 10.0. The van der Waals surface area contributed by atoms with Crippen LogP contribution in [0.5, 0.6) is 0 Å². The molecule has 1 saturated heterocycles. The first kappa shape index (κ1) is 10.2. The molecule has 2 aromatic rings. The lowest BCUT2D eigenvalue weighted by Crippen LogP contribution is -2.19. The van der Waals surface area contributed by atoms with Crippen LogP contribution in [0.1, 0.15) is 14.0 Å². The first-order valence-corrected chi connectivity index (χ1v) is 5.43. The monoisotopic (exact) mass is 252 g/mol. The van der Waals surface area contributed by atoms with E-state index in [1.165, 1.54) is 17.2 Å². The van der Waals surface area contributed by atoms with Crippen molar-refractivity contribution in [2.45, 2.75) is 24.8 Å². The number of ether oxygens (including phenoxy) is 1. The van der Waals surface area contributed by atoms with E-state index in [1.54, 1.807) is 0 Å². The van der Waals surface area contributed by atoms with Crippen molar-refractivity contribution in [3.63, 3.8) is 0 Å². The number of aliphatic hydroxyl groups excluding tert-OH is 2. The molecule has 0 aliphatic carbocycles. The molecule has 3 rings (SSSR count). The van der Waals surface area contributed by atoms with Gasteiger partial charge >= 0.3 is 0 Å². The molecule has 2 aromatic heterocycles. The highest BCUT2D eigenvalue weighted by Crippen LogP contribution is 2.31. The van der Waals surface area contributed by atoms with Crippen molar-refractivity contribution in [2.24, 2.45) is 0 Å². The molecule has 18 heavy (non-hydrogen) atoms. The molecule has 96 valence electrons. The van der Waals surface area contributed by atoms with Gasteiger partial charge in [-0.3, -0.25) is 4.57 Å². The fraction of sp³-hybridized carbons (Fsp3) is 0.500. The lowest BCUT2D eigenvalue weighted by Gasteiger charge is -2.16. The van der Waals surface area contributed by atoms with Gasteiger partial charge < -0.3 is 20.7 Å². The summed E-state index contributed by atoms with van der Waals surface area (Å²) in [6.45, 7) is -0.328. The molecule has 0 saturated carbocycles. The Kier molecular flexibility index (Phi) is 2.35. The van der Waals surface area contributed by atoms with Crippen LogP contribution in [0, 0.1) is 0 Å². The second kappa shape index (κ2) is 4.16. The average Bonchev–Trinajstić information content (AvgIpc) is 2.94. The molecule has 4 N–H and O–H groups in total. The Hall–Kier alpha value is -1.77. The predicted octanol–water partition coefficient (Wildman–Crippen LogP) is -0.951. The van der Waals surface area contributed by atoms with Gasteiger partial charge in [0.15, 0.2) is 17.7 Å². The summed E-state index contributed by atoms with van der Waals surface area (Å²) in [6.07, 6.45) is -0.845. The fourth-order valence-corrected chi connectivity index (χ4v) is 2.01. The van der Waals surface area contributed by atoms with Gasteiger partial charge in [-0.25, -0.2) is 15.0 Å². The molecule has 3 heterocycles. The molecule has 4 atom stereocenters. The quantitative estimate of drug-likeness (QED) is 0.630. The summed E-state index contributed by atoms with van der Waals surface area (Å²) in [5.74, 6) is 0.234. The van der Waals surface area contributed by atoms with Gasteiger partial charge in [-0.2, -0.15) is 0 Å². The molecule has 1 aliphatic rings. The van der Waals surface area contributed by atoms with Crippen LogP contribution in [0.3, 0.4) is 0 Å². The number of nitrogen functional groups attached to an aromatic ring is 1. The van der Waals surface area contributed by atoms with Crippen molar-refractivity contribution in [1.82, 2.24) is 19.5 Å². The van der Waals surface area contributed by atoms with Crippen LogP contribution in [-0.4, -0.2) is 48.5 Å². The van der Waals surface area contributed by atoms with E-state index in [4.69, 9.17) is 16.9 Å². The van der Waals surface area contributed by atoms with E-state index in [9.17, 15) is 5.11 Å². The Balaban J connectivity index is 2.04. The number of imidazole rings is 1. The molecule has 8 nitrogen and oxygen atoms in total. The van der Waals surface area contributed by atoms with Crippen molar-refractivity contribution in [3.8, 4) is 0 Å². The number of rotatable bonds is 2. The number of aliphatic hydroxyl groups is 2. The molecule has 1 unspecified atom stereocenters. The van der Waals surface area contributed by atoms with Gasteiger partial charge in [0.2, 0.25) is 0 Å². The number of fused-ring (bicyclic) bond motifs is 1. The van der Waals surface area contributed by atoms with E-state index < -0.39 is 24.8 Å². The molecule has 8 heteroatoms. The number of nitrogens with zero attached hydrogens (tertiary/aromatic N) is 4. The number of hydrogen-bond acceptors (Lipinski definition) is 7. The third-order valence-corrected chi connectivity index (χ3v) is 2.86. The Morgan fingerprint density at radius 2 is 2.39 bits per heavy atom.